The first-order valence-corrected chi connectivity index (χ1v) is 14.7. The van der Waals surface area contributed by atoms with E-state index in [1.165, 1.54) is 88.4 Å². The van der Waals surface area contributed by atoms with Gasteiger partial charge in [0.15, 0.2) is 0 Å². The zero-order chi connectivity index (χ0) is 26.3. The second-order valence-electron chi connectivity index (χ2n) is 10.7. The van der Waals surface area contributed by atoms with Crippen LogP contribution in [0.25, 0.3) is 0 Å². The normalized spacial score (nSPS) is 17.4. The van der Waals surface area contributed by atoms with Crippen molar-refractivity contribution in [2.45, 2.75) is 115 Å². The third kappa shape index (κ3) is 18.0. The molecule has 0 aromatic heterocycles. The lowest BCUT2D eigenvalue weighted by Crippen LogP contribution is -3.06. The van der Waals surface area contributed by atoms with E-state index in [1.54, 1.807) is 0 Å². The maximum Gasteiger partial charge on any atom is 0.415 e. The SMILES string of the molecule is CCCCCCCCCCCCCCCCOCC1(COC(=O)NC(=O)NCC[NH+](C)C)CCCO1. The number of unbranched alkanes of at least 4 members (excludes halogenated alkanes) is 13. The third-order valence-corrected chi connectivity index (χ3v) is 6.78. The molecule has 0 bridgehead atoms. The molecule has 0 spiro atoms. The van der Waals surface area contributed by atoms with E-state index >= 15 is 0 Å². The molecule has 1 atom stereocenters. The van der Waals surface area contributed by atoms with E-state index in [1.807, 2.05) is 14.1 Å². The highest BCUT2D eigenvalue weighted by Crippen LogP contribution is 2.26. The smallest absolute Gasteiger partial charge is 0.415 e. The van der Waals surface area contributed by atoms with Gasteiger partial charge in [-0.15, -0.1) is 0 Å². The highest BCUT2D eigenvalue weighted by Gasteiger charge is 2.37. The monoisotopic (exact) mass is 514 g/mol. The van der Waals surface area contributed by atoms with Gasteiger partial charge in [0, 0.05) is 13.2 Å². The summed E-state index contributed by atoms with van der Waals surface area (Å²) in [4.78, 5) is 25.0. The van der Waals surface area contributed by atoms with Crippen molar-refractivity contribution in [3.63, 3.8) is 0 Å². The van der Waals surface area contributed by atoms with Crippen LogP contribution in [0.1, 0.15) is 110 Å². The first kappa shape index (κ1) is 32.6. The number of rotatable bonds is 22. The van der Waals surface area contributed by atoms with Crippen LogP contribution in [0.5, 0.6) is 0 Å². The van der Waals surface area contributed by atoms with Crippen LogP contribution < -0.4 is 15.5 Å². The number of carbonyl (C=O) groups is 2. The summed E-state index contributed by atoms with van der Waals surface area (Å²) in [5, 5.41) is 4.84. The van der Waals surface area contributed by atoms with Crippen molar-refractivity contribution in [1.82, 2.24) is 10.6 Å². The average molecular weight is 515 g/mol. The van der Waals surface area contributed by atoms with Crippen LogP contribution in [-0.4, -0.2) is 71.3 Å². The average Bonchev–Trinajstić information content (AvgIpc) is 3.31. The Morgan fingerprint density at radius 1 is 0.861 bits per heavy atom. The molecular weight excluding hydrogens is 458 g/mol. The molecule has 0 aliphatic carbocycles. The molecule has 1 unspecified atom stereocenters. The molecule has 1 aliphatic rings. The number of nitrogens with one attached hydrogen (secondary N) is 3. The minimum atomic E-state index is -0.758. The molecule has 1 heterocycles. The van der Waals surface area contributed by atoms with Crippen molar-refractivity contribution in [3.8, 4) is 0 Å². The van der Waals surface area contributed by atoms with E-state index < -0.39 is 17.7 Å². The maximum absolute atomic E-state index is 12.0. The molecule has 1 aliphatic heterocycles. The Morgan fingerprint density at radius 2 is 1.44 bits per heavy atom. The van der Waals surface area contributed by atoms with Crippen LogP contribution >= 0.6 is 0 Å². The minimum Gasteiger partial charge on any atom is -0.446 e. The highest BCUT2D eigenvalue weighted by atomic mass is 16.6. The summed E-state index contributed by atoms with van der Waals surface area (Å²) in [6.07, 6.45) is 19.7. The van der Waals surface area contributed by atoms with Gasteiger partial charge in [0.05, 0.1) is 33.8 Å². The van der Waals surface area contributed by atoms with Gasteiger partial charge in [-0.05, 0) is 19.3 Å². The number of hydrogen-bond donors (Lipinski definition) is 3. The molecule has 1 rings (SSSR count). The number of ether oxygens (including phenoxy) is 3. The molecule has 3 N–H and O–H groups in total. The predicted octanol–water partition coefficient (Wildman–Crippen LogP) is 4.61. The van der Waals surface area contributed by atoms with Gasteiger partial charge in [-0.1, -0.05) is 90.4 Å². The van der Waals surface area contributed by atoms with E-state index in [4.69, 9.17) is 14.2 Å². The van der Waals surface area contributed by atoms with Crippen molar-refractivity contribution in [2.75, 3.05) is 53.6 Å². The van der Waals surface area contributed by atoms with Gasteiger partial charge < -0.3 is 24.4 Å². The molecule has 3 amide bonds. The molecule has 0 saturated carbocycles. The van der Waals surface area contributed by atoms with Crippen LogP contribution in [0.15, 0.2) is 0 Å². The summed E-state index contributed by atoms with van der Waals surface area (Å²) in [6.45, 7) is 5.38. The number of quaternary nitrogens is 1. The Balaban J connectivity index is 2.01. The number of hydrogen-bond acceptors (Lipinski definition) is 5. The van der Waals surface area contributed by atoms with Gasteiger partial charge in [0.1, 0.15) is 12.2 Å². The van der Waals surface area contributed by atoms with Crippen molar-refractivity contribution >= 4 is 12.1 Å². The van der Waals surface area contributed by atoms with E-state index in [9.17, 15) is 9.59 Å². The van der Waals surface area contributed by atoms with Crippen molar-refractivity contribution < 1.29 is 28.7 Å². The first-order valence-electron chi connectivity index (χ1n) is 14.7. The summed E-state index contributed by atoms with van der Waals surface area (Å²) in [5.74, 6) is 0. The molecule has 36 heavy (non-hydrogen) atoms. The zero-order valence-electron chi connectivity index (χ0n) is 23.6. The number of carbonyl (C=O) groups excluding carboxylic acids is 2. The number of urea groups is 1. The second kappa shape index (κ2) is 21.7. The van der Waals surface area contributed by atoms with Crippen LogP contribution in [0.4, 0.5) is 9.59 Å². The fourth-order valence-corrected chi connectivity index (χ4v) is 4.48. The van der Waals surface area contributed by atoms with Crippen molar-refractivity contribution in [3.05, 3.63) is 0 Å². The lowest BCUT2D eigenvalue weighted by atomic mass is 10.0. The molecule has 1 saturated heterocycles. The number of amides is 3. The summed E-state index contributed by atoms with van der Waals surface area (Å²) in [5.41, 5.74) is -0.599. The summed E-state index contributed by atoms with van der Waals surface area (Å²) in [7, 11) is 3.99. The van der Waals surface area contributed by atoms with Crippen LogP contribution in [0, 0.1) is 0 Å². The topological polar surface area (TPSA) is 90.3 Å². The molecule has 212 valence electrons. The van der Waals surface area contributed by atoms with Crippen LogP contribution in [-0.2, 0) is 14.2 Å². The fraction of sp³-hybridized carbons (Fsp3) is 0.929. The van der Waals surface area contributed by atoms with Gasteiger partial charge in [-0.25, -0.2) is 14.9 Å². The molecule has 0 aromatic rings. The van der Waals surface area contributed by atoms with Crippen molar-refractivity contribution in [2.24, 2.45) is 0 Å². The summed E-state index contributed by atoms with van der Waals surface area (Å²) < 4.78 is 17.1. The van der Waals surface area contributed by atoms with E-state index in [0.29, 0.717) is 26.4 Å². The Kier molecular flexibility index (Phi) is 19.7. The van der Waals surface area contributed by atoms with Crippen LogP contribution in [0.2, 0.25) is 0 Å². The van der Waals surface area contributed by atoms with Crippen molar-refractivity contribution in [1.29, 1.82) is 0 Å². The Labute approximate surface area is 220 Å². The largest absolute Gasteiger partial charge is 0.446 e. The highest BCUT2D eigenvalue weighted by molar-refractivity contribution is 5.90. The Hall–Kier alpha value is -1.38. The lowest BCUT2D eigenvalue weighted by molar-refractivity contribution is -0.856. The molecular formula is C28H56N3O5+. The zero-order valence-corrected chi connectivity index (χ0v) is 23.6. The van der Waals surface area contributed by atoms with Gasteiger partial charge in [-0.3, -0.25) is 0 Å². The number of imide groups is 1. The van der Waals surface area contributed by atoms with Gasteiger partial charge in [-0.2, -0.15) is 0 Å². The molecule has 0 radical (unpaired) electrons. The quantitative estimate of drug-likeness (QED) is 0.184. The van der Waals surface area contributed by atoms with Crippen LogP contribution in [0.3, 0.4) is 0 Å². The minimum absolute atomic E-state index is 0.0900. The lowest BCUT2D eigenvalue weighted by Gasteiger charge is -2.27. The summed E-state index contributed by atoms with van der Waals surface area (Å²) in [6, 6.07) is -0.545. The van der Waals surface area contributed by atoms with E-state index in [-0.39, 0.29) is 6.61 Å². The number of likely N-dealkylation sites (N-methyl/N-ethyl adjacent to an activating group) is 1. The molecule has 8 heteroatoms. The van der Waals surface area contributed by atoms with E-state index in [2.05, 4.69) is 17.6 Å². The first-order chi connectivity index (χ1) is 17.5. The Morgan fingerprint density at radius 3 is 1.97 bits per heavy atom. The van der Waals surface area contributed by atoms with E-state index in [0.717, 1.165) is 25.8 Å². The summed E-state index contributed by atoms with van der Waals surface area (Å²) >= 11 is 0. The Bertz CT molecular complexity index is 553. The van der Waals surface area contributed by atoms with Gasteiger partial charge in [0.2, 0.25) is 0 Å². The molecule has 8 nitrogen and oxygen atoms in total. The van der Waals surface area contributed by atoms with Gasteiger partial charge >= 0.3 is 12.1 Å². The molecule has 1 fully saturated rings. The number of alkyl carbamates (subject to hydrolysis) is 1. The van der Waals surface area contributed by atoms with Gasteiger partial charge in [0.25, 0.3) is 0 Å². The second-order valence-corrected chi connectivity index (χ2v) is 10.7. The third-order valence-electron chi connectivity index (χ3n) is 6.78. The fourth-order valence-electron chi connectivity index (χ4n) is 4.48. The predicted molar refractivity (Wildman–Crippen MR) is 145 cm³/mol. The standard InChI is InChI=1S/C28H55N3O5/c1-4-5-6-7-8-9-10-11-12-13-14-15-16-17-22-34-24-28(19-18-23-36-28)25-35-27(33)30-26(32)29-20-21-31(2)3/h4-25H2,1-3H3,(H2,29,30,32,33)/p+1. The molecule has 0 aromatic carbocycles. The maximum atomic E-state index is 12.0.